The van der Waals surface area contributed by atoms with E-state index in [4.69, 9.17) is 10.5 Å². The molecule has 1 heterocycles. The Bertz CT molecular complexity index is 273. The van der Waals surface area contributed by atoms with Crippen LogP contribution in [0.15, 0.2) is 12.1 Å². The highest BCUT2D eigenvalue weighted by Crippen LogP contribution is 2.16. The van der Waals surface area contributed by atoms with Crippen LogP contribution in [0.4, 0.5) is 0 Å². The van der Waals surface area contributed by atoms with E-state index in [0.717, 1.165) is 26.2 Å². The van der Waals surface area contributed by atoms with Crippen molar-refractivity contribution < 1.29 is 4.74 Å². The summed E-state index contributed by atoms with van der Waals surface area (Å²) in [6.45, 7) is 3.26. The monoisotopic (exact) mass is 228 g/mol. The molecule has 0 spiro atoms. The van der Waals surface area contributed by atoms with Gasteiger partial charge in [0.25, 0.3) is 0 Å². The molecule has 0 aromatic carbocycles. The predicted octanol–water partition coefficient (Wildman–Crippen LogP) is 1.68. The first-order chi connectivity index (χ1) is 7.22. The van der Waals surface area contributed by atoms with Crippen molar-refractivity contribution in [3.8, 4) is 0 Å². The van der Waals surface area contributed by atoms with E-state index < -0.39 is 0 Å². The summed E-state index contributed by atoms with van der Waals surface area (Å²) >= 11 is 1.74. The van der Waals surface area contributed by atoms with Crippen molar-refractivity contribution >= 4 is 11.3 Å². The molecule has 1 aromatic rings. The van der Waals surface area contributed by atoms with E-state index in [1.54, 1.807) is 11.3 Å². The molecule has 0 fully saturated rings. The summed E-state index contributed by atoms with van der Waals surface area (Å²) in [6, 6.07) is 4.17. The minimum atomic E-state index is 0.630. The van der Waals surface area contributed by atoms with Gasteiger partial charge in [0, 0.05) is 22.9 Å². The largest absolute Gasteiger partial charge is 0.376 e. The average molecular weight is 228 g/mol. The molecule has 2 N–H and O–H groups in total. The van der Waals surface area contributed by atoms with Gasteiger partial charge in [-0.15, -0.1) is 11.3 Å². The number of thiophene rings is 1. The third-order valence-electron chi connectivity index (χ3n) is 2.06. The van der Waals surface area contributed by atoms with E-state index >= 15 is 0 Å². The summed E-state index contributed by atoms with van der Waals surface area (Å²) in [5.74, 6) is 0. The van der Waals surface area contributed by atoms with Gasteiger partial charge in [0.2, 0.25) is 0 Å². The molecule has 1 rings (SSSR count). The van der Waals surface area contributed by atoms with Gasteiger partial charge in [-0.2, -0.15) is 0 Å². The molecule has 0 unspecified atom stereocenters. The normalized spacial score (nSPS) is 11.2. The molecule has 0 saturated heterocycles. The van der Waals surface area contributed by atoms with Gasteiger partial charge < -0.3 is 15.4 Å². The van der Waals surface area contributed by atoms with Crippen LogP contribution in [0.25, 0.3) is 0 Å². The Kier molecular flexibility index (Phi) is 5.86. The van der Waals surface area contributed by atoms with Crippen molar-refractivity contribution in [3.63, 3.8) is 0 Å². The third kappa shape index (κ3) is 5.28. The first kappa shape index (κ1) is 12.6. The lowest BCUT2D eigenvalue weighted by molar-refractivity contribution is 0.115. The fraction of sp³-hybridized carbons (Fsp3) is 0.636. The average Bonchev–Trinajstić information content (AvgIpc) is 2.65. The van der Waals surface area contributed by atoms with Crippen molar-refractivity contribution in [2.45, 2.75) is 19.6 Å². The molecule has 0 atom stereocenters. The van der Waals surface area contributed by atoms with Gasteiger partial charge in [-0.25, -0.2) is 0 Å². The summed E-state index contributed by atoms with van der Waals surface area (Å²) in [6.07, 6.45) is 1.09. The van der Waals surface area contributed by atoms with Crippen LogP contribution < -0.4 is 5.73 Å². The number of rotatable bonds is 7. The van der Waals surface area contributed by atoms with Crippen molar-refractivity contribution in [2.75, 3.05) is 27.2 Å². The Morgan fingerprint density at radius 3 is 2.67 bits per heavy atom. The highest BCUT2D eigenvalue weighted by Gasteiger charge is 1.98. The number of ether oxygens (including phenoxy) is 1. The molecule has 86 valence electrons. The molecule has 0 radical (unpaired) electrons. The summed E-state index contributed by atoms with van der Waals surface area (Å²) in [7, 11) is 4.15. The Morgan fingerprint density at radius 1 is 1.33 bits per heavy atom. The van der Waals surface area contributed by atoms with Crippen LogP contribution in [-0.2, 0) is 17.9 Å². The molecule has 15 heavy (non-hydrogen) atoms. The van der Waals surface area contributed by atoms with Gasteiger partial charge in [0.15, 0.2) is 0 Å². The van der Waals surface area contributed by atoms with E-state index in [1.165, 1.54) is 9.75 Å². The molecule has 0 aliphatic heterocycles. The standard InChI is InChI=1S/C11H20N2OS/c1-13(2)6-3-7-14-9-11-5-4-10(8-12)15-11/h4-5H,3,6-9,12H2,1-2H3. The van der Waals surface area contributed by atoms with Gasteiger partial charge in [-0.1, -0.05) is 0 Å². The lowest BCUT2D eigenvalue weighted by Crippen LogP contribution is -2.14. The number of hydrogen-bond acceptors (Lipinski definition) is 4. The molecule has 1 aromatic heterocycles. The summed E-state index contributed by atoms with van der Waals surface area (Å²) in [5, 5.41) is 0. The Labute approximate surface area is 95.8 Å². The molecular formula is C11H20N2OS. The van der Waals surface area contributed by atoms with Crippen LogP contribution in [0, 0.1) is 0 Å². The van der Waals surface area contributed by atoms with Gasteiger partial charge in [0.05, 0.1) is 6.61 Å². The Morgan fingerprint density at radius 2 is 2.07 bits per heavy atom. The topological polar surface area (TPSA) is 38.5 Å². The lowest BCUT2D eigenvalue weighted by atomic mass is 10.4. The molecular weight excluding hydrogens is 208 g/mol. The third-order valence-corrected chi connectivity index (χ3v) is 3.14. The molecule has 0 aliphatic carbocycles. The quantitative estimate of drug-likeness (QED) is 0.722. The van der Waals surface area contributed by atoms with E-state index in [-0.39, 0.29) is 0 Å². The van der Waals surface area contributed by atoms with Crippen LogP contribution in [0.1, 0.15) is 16.2 Å². The SMILES string of the molecule is CN(C)CCCOCc1ccc(CN)s1. The Balaban J connectivity index is 2.09. The fourth-order valence-corrected chi connectivity index (χ4v) is 2.10. The zero-order chi connectivity index (χ0) is 11.1. The lowest BCUT2D eigenvalue weighted by Gasteiger charge is -2.08. The van der Waals surface area contributed by atoms with Crippen LogP contribution in [0.2, 0.25) is 0 Å². The van der Waals surface area contributed by atoms with Gasteiger partial charge in [0.1, 0.15) is 0 Å². The number of hydrogen-bond donors (Lipinski definition) is 1. The molecule has 3 nitrogen and oxygen atoms in total. The van der Waals surface area contributed by atoms with Crippen molar-refractivity contribution in [1.82, 2.24) is 4.90 Å². The second-order valence-corrected chi connectivity index (χ2v) is 5.03. The minimum Gasteiger partial charge on any atom is -0.376 e. The van der Waals surface area contributed by atoms with Gasteiger partial charge in [-0.3, -0.25) is 0 Å². The number of nitrogens with zero attached hydrogens (tertiary/aromatic N) is 1. The molecule has 0 aliphatic rings. The number of nitrogens with two attached hydrogens (primary N) is 1. The molecule has 4 heteroatoms. The zero-order valence-electron chi connectivity index (χ0n) is 9.53. The van der Waals surface area contributed by atoms with Crippen LogP contribution in [0.3, 0.4) is 0 Å². The first-order valence-electron chi connectivity index (χ1n) is 5.22. The van der Waals surface area contributed by atoms with E-state index in [0.29, 0.717) is 6.54 Å². The van der Waals surface area contributed by atoms with E-state index in [2.05, 4.69) is 31.1 Å². The minimum absolute atomic E-state index is 0.630. The smallest absolute Gasteiger partial charge is 0.0809 e. The summed E-state index contributed by atoms with van der Waals surface area (Å²) in [4.78, 5) is 4.66. The van der Waals surface area contributed by atoms with E-state index in [1.807, 2.05) is 0 Å². The zero-order valence-corrected chi connectivity index (χ0v) is 10.3. The van der Waals surface area contributed by atoms with Gasteiger partial charge in [-0.05, 0) is 39.2 Å². The summed E-state index contributed by atoms with van der Waals surface area (Å²) in [5.41, 5.74) is 5.54. The molecule has 0 bridgehead atoms. The second-order valence-electron chi connectivity index (χ2n) is 3.78. The maximum atomic E-state index is 5.57. The Hall–Kier alpha value is -0.420. The maximum Gasteiger partial charge on any atom is 0.0809 e. The summed E-state index contributed by atoms with van der Waals surface area (Å²) < 4.78 is 5.57. The predicted molar refractivity (Wildman–Crippen MR) is 65.0 cm³/mol. The van der Waals surface area contributed by atoms with Crippen LogP contribution in [0.5, 0.6) is 0 Å². The molecule has 0 saturated carbocycles. The van der Waals surface area contributed by atoms with Crippen molar-refractivity contribution in [3.05, 3.63) is 21.9 Å². The van der Waals surface area contributed by atoms with Crippen molar-refractivity contribution in [1.29, 1.82) is 0 Å². The van der Waals surface area contributed by atoms with Gasteiger partial charge >= 0.3 is 0 Å². The maximum absolute atomic E-state index is 5.57. The second kappa shape index (κ2) is 6.95. The first-order valence-corrected chi connectivity index (χ1v) is 6.04. The highest BCUT2D eigenvalue weighted by molar-refractivity contribution is 7.11. The van der Waals surface area contributed by atoms with Crippen molar-refractivity contribution in [2.24, 2.45) is 5.73 Å². The van der Waals surface area contributed by atoms with E-state index in [9.17, 15) is 0 Å². The molecule has 0 amide bonds. The van der Waals surface area contributed by atoms with Crippen LogP contribution in [-0.4, -0.2) is 32.1 Å². The highest BCUT2D eigenvalue weighted by atomic mass is 32.1. The fourth-order valence-electron chi connectivity index (χ4n) is 1.27. The van der Waals surface area contributed by atoms with Crippen LogP contribution >= 0.6 is 11.3 Å².